The Morgan fingerprint density at radius 2 is 2.05 bits per heavy atom. The molecule has 2 fully saturated rings. The van der Waals surface area contributed by atoms with E-state index in [0.29, 0.717) is 37.8 Å². The van der Waals surface area contributed by atoms with Crippen LogP contribution in [-0.4, -0.2) is 29.9 Å². The van der Waals surface area contributed by atoms with Crippen LogP contribution >= 0.6 is 0 Å². The van der Waals surface area contributed by atoms with Crippen molar-refractivity contribution in [3.05, 3.63) is 35.9 Å². The lowest BCUT2D eigenvalue weighted by Gasteiger charge is -2.21. The molecule has 1 aliphatic heterocycles. The number of hydrogen-bond donors (Lipinski definition) is 0. The summed E-state index contributed by atoms with van der Waals surface area (Å²) in [5.74, 6) is 0.716. The highest BCUT2D eigenvalue weighted by Gasteiger charge is 2.41. The SMILES string of the molecule is O=C1CCC[C@@H]2CN(C(=O)OCc3ccccc3)C[C@H]12. The molecule has 4 nitrogen and oxygen atoms in total. The van der Waals surface area contributed by atoms with E-state index in [9.17, 15) is 9.59 Å². The monoisotopic (exact) mass is 273 g/mol. The third-order valence-electron chi connectivity index (χ3n) is 4.32. The van der Waals surface area contributed by atoms with Crippen LogP contribution in [0.4, 0.5) is 4.79 Å². The van der Waals surface area contributed by atoms with Crippen molar-refractivity contribution in [1.29, 1.82) is 0 Å². The van der Waals surface area contributed by atoms with Gasteiger partial charge in [-0.05, 0) is 24.3 Å². The number of rotatable bonds is 2. The van der Waals surface area contributed by atoms with E-state index in [1.165, 1.54) is 0 Å². The minimum atomic E-state index is -0.295. The van der Waals surface area contributed by atoms with Crippen LogP contribution in [0.1, 0.15) is 24.8 Å². The number of ketones is 1. The molecule has 1 amide bonds. The predicted octanol–water partition coefficient (Wildman–Crippen LogP) is 2.62. The molecule has 0 unspecified atom stereocenters. The van der Waals surface area contributed by atoms with Gasteiger partial charge in [0.05, 0.1) is 0 Å². The minimum Gasteiger partial charge on any atom is -0.445 e. The maximum absolute atomic E-state index is 12.1. The van der Waals surface area contributed by atoms with Gasteiger partial charge in [-0.2, -0.15) is 0 Å². The van der Waals surface area contributed by atoms with Gasteiger partial charge in [-0.1, -0.05) is 30.3 Å². The van der Waals surface area contributed by atoms with E-state index in [4.69, 9.17) is 4.74 Å². The number of carbonyl (C=O) groups is 2. The number of benzene rings is 1. The Labute approximate surface area is 118 Å². The van der Waals surface area contributed by atoms with Crippen molar-refractivity contribution >= 4 is 11.9 Å². The highest BCUT2D eigenvalue weighted by atomic mass is 16.6. The first-order chi connectivity index (χ1) is 9.74. The quantitative estimate of drug-likeness (QED) is 0.832. The zero-order valence-electron chi connectivity index (χ0n) is 11.5. The second-order valence-corrected chi connectivity index (χ2v) is 5.67. The molecule has 0 bridgehead atoms. The van der Waals surface area contributed by atoms with Gasteiger partial charge in [0.25, 0.3) is 0 Å². The highest BCUT2D eigenvalue weighted by molar-refractivity contribution is 5.83. The van der Waals surface area contributed by atoms with Crippen LogP contribution in [0, 0.1) is 11.8 Å². The molecule has 4 heteroatoms. The second-order valence-electron chi connectivity index (χ2n) is 5.67. The third-order valence-corrected chi connectivity index (χ3v) is 4.32. The maximum atomic E-state index is 12.1. The summed E-state index contributed by atoms with van der Waals surface area (Å²) >= 11 is 0. The first-order valence-electron chi connectivity index (χ1n) is 7.22. The van der Waals surface area contributed by atoms with Gasteiger partial charge in [-0.3, -0.25) is 4.79 Å². The molecule has 1 heterocycles. The fraction of sp³-hybridized carbons (Fsp3) is 0.500. The summed E-state index contributed by atoms with van der Waals surface area (Å²) in [7, 11) is 0. The predicted molar refractivity (Wildman–Crippen MR) is 74.0 cm³/mol. The number of fused-ring (bicyclic) bond motifs is 1. The Kier molecular flexibility index (Phi) is 3.72. The normalized spacial score (nSPS) is 25.4. The fourth-order valence-electron chi connectivity index (χ4n) is 3.21. The number of nitrogens with zero attached hydrogens (tertiary/aromatic N) is 1. The van der Waals surface area contributed by atoms with Crippen molar-refractivity contribution in [3.8, 4) is 0 Å². The van der Waals surface area contributed by atoms with Gasteiger partial charge in [-0.25, -0.2) is 4.79 Å². The van der Waals surface area contributed by atoms with Crippen LogP contribution in [0.5, 0.6) is 0 Å². The van der Waals surface area contributed by atoms with Gasteiger partial charge in [0.1, 0.15) is 12.4 Å². The molecule has 1 saturated carbocycles. The van der Waals surface area contributed by atoms with E-state index >= 15 is 0 Å². The zero-order chi connectivity index (χ0) is 13.9. The lowest BCUT2D eigenvalue weighted by molar-refractivity contribution is -0.125. The summed E-state index contributed by atoms with van der Waals surface area (Å²) in [6.45, 7) is 1.50. The average Bonchev–Trinajstić information content (AvgIpc) is 2.91. The van der Waals surface area contributed by atoms with Crippen molar-refractivity contribution in [2.75, 3.05) is 13.1 Å². The van der Waals surface area contributed by atoms with E-state index in [0.717, 1.165) is 18.4 Å². The number of amides is 1. The summed E-state index contributed by atoms with van der Waals surface area (Å²) in [6.07, 6.45) is 2.40. The van der Waals surface area contributed by atoms with Gasteiger partial charge in [-0.15, -0.1) is 0 Å². The molecule has 2 aliphatic rings. The molecule has 0 aromatic heterocycles. The zero-order valence-corrected chi connectivity index (χ0v) is 11.5. The van der Waals surface area contributed by atoms with Gasteiger partial charge in [0.15, 0.2) is 0 Å². The molecule has 20 heavy (non-hydrogen) atoms. The topological polar surface area (TPSA) is 46.6 Å². The van der Waals surface area contributed by atoms with E-state index in [1.54, 1.807) is 4.90 Å². The molecule has 2 atom stereocenters. The summed E-state index contributed by atoms with van der Waals surface area (Å²) in [5.41, 5.74) is 0.980. The van der Waals surface area contributed by atoms with Crippen LogP contribution < -0.4 is 0 Å². The molecule has 0 spiro atoms. The molecule has 3 rings (SSSR count). The van der Waals surface area contributed by atoms with Crippen LogP contribution in [0.25, 0.3) is 0 Å². The summed E-state index contributed by atoms with van der Waals surface area (Å²) in [5, 5.41) is 0. The molecule has 1 aromatic carbocycles. The molecular formula is C16H19NO3. The molecule has 0 radical (unpaired) electrons. The van der Waals surface area contributed by atoms with E-state index in [1.807, 2.05) is 30.3 Å². The van der Waals surface area contributed by atoms with Crippen LogP contribution in [-0.2, 0) is 16.1 Å². The first-order valence-corrected chi connectivity index (χ1v) is 7.22. The summed E-state index contributed by atoms with van der Waals surface area (Å²) in [4.78, 5) is 25.6. The van der Waals surface area contributed by atoms with Crippen LogP contribution in [0.2, 0.25) is 0 Å². The van der Waals surface area contributed by atoms with Gasteiger partial charge in [0.2, 0.25) is 0 Å². The first kappa shape index (κ1) is 13.2. The smallest absolute Gasteiger partial charge is 0.410 e. The number of likely N-dealkylation sites (tertiary alicyclic amines) is 1. The number of ether oxygens (including phenoxy) is 1. The summed E-state index contributed by atoms with van der Waals surface area (Å²) < 4.78 is 5.33. The van der Waals surface area contributed by atoms with E-state index in [2.05, 4.69) is 0 Å². The number of Topliss-reactive ketones (excluding diaryl/α,β-unsaturated/α-hetero) is 1. The average molecular weight is 273 g/mol. The largest absolute Gasteiger partial charge is 0.445 e. The summed E-state index contributed by atoms with van der Waals surface area (Å²) in [6, 6.07) is 9.64. The standard InChI is InChI=1S/C16H19NO3/c18-15-8-4-7-13-9-17(10-14(13)15)16(19)20-11-12-5-2-1-3-6-12/h1-3,5-6,13-14H,4,7-11H2/t13-,14+/m1/s1. The Morgan fingerprint density at radius 1 is 1.25 bits per heavy atom. The molecule has 106 valence electrons. The molecule has 0 N–H and O–H groups in total. The van der Waals surface area contributed by atoms with Crippen molar-refractivity contribution in [2.45, 2.75) is 25.9 Å². The van der Waals surface area contributed by atoms with Gasteiger partial charge < -0.3 is 9.64 Å². The van der Waals surface area contributed by atoms with Crippen molar-refractivity contribution < 1.29 is 14.3 Å². The van der Waals surface area contributed by atoms with Crippen molar-refractivity contribution in [2.24, 2.45) is 11.8 Å². The minimum absolute atomic E-state index is 0.0491. The van der Waals surface area contributed by atoms with Crippen LogP contribution in [0.15, 0.2) is 30.3 Å². The molecule has 1 aromatic rings. The highest BCUT2D eigenvalue weighted by Crippen LogP contribution is 2.34. The second kappa shape index (κ2) is 5.65. The van der Waals surface area contributed by atoms with Gasteiger partial charge in [0, 0.05) is 25.4 Å². The Bertz CT molecular complexity index is 500. The Balaban J connectivity index is 1.55. The van der Waals surface area contributed by atoms with E-state index < -0.39 is 0 Å². The lowest BCUT2D eigenvalue weighted by Crippen LogP contribution is -2.30. The Morgan fingerprint density at radius 3 is 2.80 bits per heavy atom. The Hall–Kier alpha value is -1.84. The van der Waals surface area contributed by atoms with Crippen molar-refractivity contribution in [1.82, 2.24) is 4.90 Å². The lowest BCUT2D eigenvalue weighted by atomic mass is 9.81. The molecule has 1 saturated heterocycles. The third kappa shape index (κ3) is 2.69. The van der Waals surface area contributed by atoms with Crippen molar-refractivity contribution in [3.63, 3.8) is 0 Å². The maximum Gasteiger partial charge on any atom is 0.410 e. The van der Waals surface area contributed by atoms with Gasteiger partial charge >= 0.3 is 6.09 Å². The van der Waals surface area contributed by atoms with E-state index in [-0.39, 0.29) is 12.0 Å². The molecule has 1 aliphatic carbocycles. The number of hydrogen-bond acceptors (Lipinski definition) is 3. The molecular weight excluding hydrogens is 254 g/mol. The number of carbonyl (C=O) groups excluding carboxylic acids is 2. The fourth-order valence-corrected chi connectivity index (χ4v) is 3.21. The van der Waals surface area contributed by atoms with Crippen LogP contribution in [0.3, 0.4) is 0 Å².